The molecule has 1 aliphatic heterocycles. The summed E-state index contributed by atoms with van der Waals surface area (Å²) >= 11 is 4.58. The summed E-state index contributed by atoms with van der Waals surface area (Å²) < 4.78 is 11.2. The van der Waals surface area contributed by atoms with Gasteiger partial charge in [-0.15, -0.1) is 34.4 Å². The number of thiazole rings is 1. The van der Waals surface area contributed by atoms with Crippen molar-refractivity contribution in [2.24, 2.45) is 4.99 Å². The van der Waals surface area contributed by atoms with E-state index in [1.807, 2.05) is 48.0 Å². The predicted octanol–water partition coefficient (Wildman–Crippen LogP) is 5.27. The summed E-state index contributed by atoms with van der Waals surface area (Å²) in [4.78, 5) is 22.2. The van der Waals surface area contributed by atoms with Crippen LogP contribution in [0.25, 0.3) is 11.3 Å². The molecular weight excluding hydrogens is 424 g/mol. The van der Waals surface area contributed by atoms with Crippen LogP contribution in [0.15, 0.2) is 57.1 Å². The Labute approximate surface area is 181 Å². The number of rotatable bonds is 6. The average molecular weight is 443 g/mol. The molecular formula is C21H18N2O3S3. The van der Waals surface area contributed by atoms with E-state index in [1.54, 1.807) is 36.4 Å². The van der Waals surface area contributed by atoms with Crippen LogP contribution < -0.4 is 4.74 Å². The van der Waals surface area contributed by atoms with E-state index in [4.69, 9.17) is 19.5 Å². The van der Waals surface area contributed by atoms with Crippen LogP contribution in [0.3, 0.4) is 0 Å². The number of thioether (sulfide) groups is 1. The van der Waals surface area contributed by atoms with Gasteiger partial charge in [0.2, 0.25) is 0 Å². The highest BCUT2D eigenvalue weighted by Gasteiger charge is 2.36. The van der Waals surface area contributed by atoms with Gasteiger partial charge in [-0.05, 0) is 42.2 Å². The smallest absolute Gasteiger partial charge is 0.348 e. The Morgan fingerprint density at radius 2 is 2.00 bits per heavy atom. The van der Waals surface area contributed by atoms with Gasteiger partial charge in [0.05, 0.1) is 24.1 Å². The Hall–Kier alpha value is -2.42. The zero-order valence-electron chi connectivity index (χ0n) is 16.0. The molecule has 0 saturated carbocycles. The van der Waals surface area contributed by atoms with Crippen LogP contribution in [0.5, 0.6) is 5.75 Å². The fraction of sp³-hybridized carbons (Fsp3) is 0.190. The number of carbonyl (C=O) groups is 1. The molecule has 1 unspecified atom stereocenters. The summed E-state index contributed by atoms with van der Waals surface area (Å²) in [6.07, 6.45) is 7.80. The summed E-state index contributed by atoms with van der Waals surface area (Å²) in [5.74, 6) is 0.470. The number of carbonyl (C=O) groups excluding carboxylic acids is 1. The summed E-state index contributed by atoms with van der Waals surface area (Å²) in [6, 6.07) is 9.75. The molecule has 0 saturated heterocycles. The first-order chi connectivity index (χ1) is 14.1. The molecule has 0 bridgehead atoms. The molecule has 8 heteroatoms. The molecule has 1 aliphatic rings. The molecule has 0 amide bonds. The number of hydrogen-bond donors (Lipinski definition) is 0. The first-order valence-corrected chi connectivity index (χ1v) is 11.6. The van der Waals surface area contributed by atoms with Gasteiger partial charge >= 0.3 is 5.97 Å². The van der Waals surface area contributed by atoms with Crippen molar-refractivity contribution < 1.29 is 14.3 Å². The molecule has 0 fully saturated rings. The summed E-state index contributed by atoms with van der Waals surface area (Å²) in [7, 11) is 3.04. The molecule has 0 spiro atoms. The van der Waals surface area contributed by atoms with Gasteiger partial charge < -0.3 is 9.47 Å². The largest absolute Gasteiger partial charge is 0.497 e. The number of ether oxygens (including phenoxy) is 2. The highest BCUT2D eigenvalue weighted by molar-refractivity contribution is 8.00. The number of aromatic nitrogens is 1. The maximum absolute atomic E-state index is 12.0. The SMILES string of the molecule is COC(=O)c1cc(-c2csc(C3(c4ccc(OC)cc4)C=CC=N3)n2)c(SC)s1. The molecule has 3 aromatic rings. The second kappa shape index (κ2) is 8.14. The van der Waals surface area contributed by atoms with E-state index in [0.29, 0.717) is 4.88 Å². The predicted molar refractivity (Wildman–Crippen MR) is 120 cm³/mol. The molecule has 29 heavy (non-hydrogen) atoms. The van der Waals surface area contributed by atoms with E-state index in [2.05, 4.69) is 6.08 Å². The van der Waals surface area contributed by atoms with E-state index in [1.165, 1.54) is 18.4 Å². The molecule has 0 radical (unpaired) electrons. The molecule has 4 rings (SSSR count). The summed E-state index contributed by atoms with van der Waals surface area (Å²) in [6.45, 7) is 0. The second-order valence-electron chi connectivity index (χ2n) is 6.18. The van der Waals surface area contributed by atoms with Crippen LogP contribution >= 0.6 is 34.4 Å². The zero-order chi connectivity index (χ0) is 20.4. The lowest BCUT2D eigenvalue weighted by molar-refractivity contribution is 0.0606. The fourth-order valence-corrected chi connectivity index (χ4v) is 5.90. The van der Waals surface area contributed by atoms with Crippen molar-refractivity contribution in [2.75, 3.05) is 20.5 Å². The number of hydrogen-bond acceptors (Lipinski definition) is 8. The van der Waals surface area contributed by atoms with Gasteiger partial charge in [0.25, 0.3) is 0 Å². The lowest BCUT2D eigenvalue weighted by Gasteiger charge is -2.22. The van der Waals surface area contributed by atoms with E-state index >= 15 is 0 Å². The lowest BCUT2D eigenvalue weighted by Crippen LogP contribution is -2.20. The number of esters is 1. The van der Waals surface area contributed by atoms with Crippen molar-refractivity contribution >= 4 is 46.6 Å². The molecule has 5 nitrogen and oxygen atoms in total. The van der Waals surface area contributed by atoms with Gasteiger partial charge in [-0.1, -0.05) is 12.1 Å². The van der Waals surface area contributed by atoms with Gasteiger partial charge in [-0.3, -0.25) is 4.99 Å². The van der Waals surface area contributed by atoms with Crippen LogP contribution in [-0.4, -0.2) is 37.6 Å². The highest BCUT2D eigenvalue weighted by Crippen LogP contribution is 2.43. The maximum atomic E-state index is 12.0. The Morgan fingerprint density at radius 1 is 1.21 bits per heavy atom. The van der Waals surface area contributed by atoms with Crippen LogP contribution in [0, 0.1) is 0 Å². The molecule has 148 valence electrons. The number of allylic oxidation sites excluding steroid dienone is 1. The number of methoxy groups -OCH3 is 2. The standard InChI is InChI=1S/C21H18N2O3S3/c1-25-14-7-5-13(6-8-14)21(9-4-10-22-21)20-23-16(12-28-20)15-11-17(18(24)26-2)29-19(15)27-3/h4-12H,1-3H3. The van der Waals surface area contributed by atoms with E-state index in [9.17, 15) is 4.79 Å². The fourth-order valence-electron chi connectivity index (χ4n) is 3.13. The third kappa shape index (κ3) is 3.52. The van der Waals surface area contributed by atoms with Crippen molar-refractivity contribution in [1.29, 1.82) is 0 Å². The van der Waals surface area contributed by atoms with Gasteiger partial charge in [0.1, 0.15) is 15.6 Å². The van der Waals surface area contributed by atoms with Crippen LogP contribution in [0.2, 0.25) is 0 Å². The molecule has 0 N–H and O–H groups in total. The summed E-state index contributed by atoms with van der Waals surface area (Å²) in [5.41, 5.74) is 2.16. The topological polar surface area (TPSA) is 60.8 Å². The minimum absolute atomic E-state index is 0.329. The summed E-state index contributed by atoms with van der Waals surface area (Å²) in [5, 5.41) is 2.89. The van der Waals surface area contributed by atoms with Crippen molar-refractivity contribution in [3.05, 3.63) is 63.3 Å². The van der Waals surface area contributed by atoms with Crippen LogP contribution in [0.4, 0.5) is 0 Å². The van der Waals surface area contributed by atoms with Gasteiger partial charge in [0, 0.05) is 17.2 Å². The Morgan fingerprint density at radius 3 is 2.62 bits per heavy atom. The molecule has 2 aromatic heterocycles. The first kappa shape index (κ1) is 19.9. The minimum Gasteiger partial charge on any atom is -0.497 e. The van der Waals surface area contributed by atoms with Crippen molar-refractivity contribution in [1.82, 2.24) is 4.98 Å². The number of aliphatic imine (C=N–C) groups is 1. The van der Waals surface area contributed by atoms with Gasteiger partial charge in [-0.25, -0.2) is 9.78 Å². The molecule has 0 aliphatic carbocycles. The molecule has 1 atom stereocenters. The maximum Gasteiger partial charge on any atom is 0.348 e. The average Bonchev–Trinajstić information content (AvgIpc) is 3.52. The highest BCUT2D eigenvalue weighted by atomic mass is 32.2. The number of nitrogens with zero attached hydrogens (tertiary/aromatic N) is 2. The third-order valence-corrected chi connectivity index (χ3v) is 7.83. The monoisotopic (exact) mass is 442 g/mol. The number of thiophene rings is 1. The minimum atomic E-state index is -0.643. The third-order valence-electron chi connectivity index (χ3n) is 4.61. The van der Waals surface area contributed by atoms with Crippen molar-refractivity contribution in [2.45, 2.75) is 9.75 Å². The normalized spacial score (nSPS) is 17.6. The second-order valence-corrected chi connectivity index (χ2v) is 9.16. The van der Waals surface area contributed by atoms with Crippen molar-refractivity contribution in [3.63, 3.8) is 0 Å². The van der Waals surface area contributed by atoms with Crippen molar-refractivity contribution in [3.8, 4) is 17.0 Å². The zero-order valence-corrected chi connectivity index (χ0v) is 18.5. The van der Waals surface area contributed by atoms with Crippen LogP contribution in [0.1, 0.15) is 20.2 Å². The quantitative estimate of drug-likeness (QED) is 0.384. The number of benzene rings is 1. The first-order valence-electron chi connectivity index (χ1n) is 8.71. The van der Waals surface area contributed by atoms with E-state index < -0.39 is 5.54 Å². The Bertz CT molecular complexity index is 1080. The van der Waals surface area contributed by atoms with E-state index in [-0.39, 0.29) is 5.97 Å². The van der Waals surface area contributed by atoms with Crippen LogP contribution in [-0.2, 0) is 10.3 Å². The van der Waals surface area contributed by atoms with E-state index in [0.717, 1.165) is 31.8 Å². The lowest BCUT2D eigenvalue weighted by atomic mass is 9.91. The van der Waals surface area contributed by atoms with Gasteiger partial charge in [0.15, 0.2) is 5.54 Å². The Kier molecular flexibility index (Phi) is 5.58. The van der Waals surface area contributed by atoms with Gasteiger partial charge in [-0.2, -0.15) is 0 Å². The molecule has 3 heterocycles. The Balaban J connectivity index is 1.76. The molecule has 1 aromatic carbocycles.